The highest BCUT2D eigenvalue weighted by molar-refractivity contribution is 6.32. The Morgan fingerprint density at radius 2 is 1.58 bits per heavy atom. The number of benzene rings is 2. The lowest BCUT2D eigenvalue weighted by Crippen LogP contribution is -2.49. The second kappa shape index (κ2) is 9.61. The normalized spacial score (nSPS) is 24.0. The van der Waals surface area contributed by atoms with Gasteiger partial charge in [0, 0.05) is 68.5 Å². The fourth-order valence-electron chi connectivity index (χ4n) is 7.36. The van der Waals surface area contributed by atoms with Crippen molar-refractivity contribution in [3.05, 3.63) is 58.6 Å². The molecule has 198 valence electrons. The number of anilines is 2. The van der Waals surface area contributed by atoms with Crippen molar-refractivity contribution in [1.82, 2.24) is 4.90 Å². The number of carbonyl (C=O) groups excluding carboxylic acids is 2. The number of halogens is 1. The van der Waals surface area contributed by atoms with E-state index < -0.39 is 0 Å². The lowest BCUT2D eigenvalue weighted by atomic mass is 9.62. The van der Waals surface area contributed by atoms with E-state index >= 15 is 0 Å². The Morgan fingerprint density at radius 3 is 2.18 bits per heavy atom. The molecule has 4 aliphatic rings. The fourth-order valence-corrected chi connectivity index (χ4v) is 7.58. The van der Waals surface area contributed by atoms with Crippen molar-refractivity contribution in [3.63, 3.8) is 0 Å². The molecule has 3 saturated heterocycles. The largest absolute Gasteiger partial charge is 0.371 e. The number of Topliss-reactive ketones (excluding diaryl/α,β-unsaturated/α-hetero) is 1. The Bertz CT molecular complexity index is 1270. The Hall–Kier alpha value is -3.04. The lowest BCUT2D eigenvalue weighted by molar-refractivity contribution is -0.135. The Kier molecular flexibility index (Phi) is 6.39. The van der Waals surface area contributed by atoms with E-state index in [2.05, 4.69) is 34.9 Å². The maximum absolute atomic E-state index is 13.1. The summed E-state index contributed by atoms with van der Waals surface area (Å²) in [6, 6.07) is 16.5. The van der Waals surface area contributed by atoms with Gasteiger partial charge in [0.25, 0.3) is 5.91 Å². The average Bonchev–Trinajstić information content (AvgIpc) is 3.23. The average molecular weight is 531 g/mol. The molecule has 7 heteroatoms. The first-order valence-corrected chi connectivity index (χ1v) is 14.3. The monoisotopic (exact) mass is 530 g/mol. The molecule has 6 nitrogen and oxygen atoms in total. The smallest absolute Gasteiger partial charge is 0.253 e. The summed E-state index contributed by atoms with van der Waals surface area (Å²) in [7, 11) is 0. The van der Waals surface area contributed by atoms with Crippen molar-refractivity contribution >= 4 is 34.7 Å². The van der Waals surface area contributed by atoms with Gasteiger partial charge in [-0.1, -0.05) is 11.6 Å². The molecule has 1 saturated carbocycles. The highest BCUT2D eigenvalue weighted by atomic mass is 35.5. The van der Waals surface area contributed by atoms with Gasteiger partial charge in [-0.3, -0.25) is 9.59 Å². The van der Waals surface area contributed by atoms with Gasteiger partial charge in [-0.15, -0.1) is 0 Å². The van der Waals surface area contributed by atoms with Gasteiger partial charge >= 0.3 is 0 Å². The van der Waals surface area contributed by atoms with Crippen LogP contribution in [0.4, 0.5) is 11.4 Å². The van der Waals surface area contributed by atoms with Gasteiger partial charge in [-0.25, -0.2) is 0 Å². The number of rotatable bonds is 3. The SMILES string of the molecule is CC1CC2(CCN(c3ccc(C(=O)N4CCC5(CC4)CC(=O)C5)cc3)CC2)CN1c1ccc(C#N)c(Cl)c1. The van der Waals surface area contributed by atoms with Crippen LogP contribution >= 0.6 is 11.6 Å². The number of hydrogen-bond donors (Lipinski definition) is 0. The first kappa shape index (κ1) is 25.2. The number of nitrogens with zero attached hydrogens (tertiary/aromatic N) is 4. The standard InChI is InChI=1S/C31H35ClN4O2/c1-22-17-31(21-36(22)26-7-4-24(20-33)28(32)16-26)10-12-34(13-11-31)25-5-2-23(3-6-25)29(38)35-14-8-30(9-15-35)18-27(37)19-30/h2-7,16,22H,8-15,17-19,21H2,1H3. The van der Waals surface area contributed by atoms with Crippen molar-refractivity contribution in [2.75, 3.05) is 42.5 Å². The molecule has 2 spiro atoms. The fraction of sp³-hybridized carbons (Fsp3) is 0.516. The van der Waals surface area contributed by atoms with E-state index in [-0.39, 0.29) is 11.3 Å². The van der Waals surface area contributed by atoms with Crippen molar-refractivity contribution in [3.8, 4) is 6.07 Å². The molecule has 1 atom stereocenters. The molecule has 1 aliphatic carbocycles. The first-order chi connectivity index (χ1) is 18.3. The molecule has 0 aromatic heterocycles. The molecule has 6 rings (SSSR count). The van der Waals surface area contributed by atoms with E-state index in [1.807, 2.05) is 35.2 Å². The summed E-state index contributed by atoms with van der Waals surface area (Å²) < 4.78 is 0. The zero-order valence-electron chi connectivity index (χ0n) is 22.1. The number of piperidine rings is 2. The Balaban J connectivity index is 1.05. The Labute approximate surface area is 230 Å². The first-order valence-electron chi connectivity index (χ1n) is 13.9. The molecular weight excluding hydrogens is 496 g/mol. The van der Waals surface area contributed by atoms with Crippen molar-refractivity contribution in [1.29, 1.82) is 5.26 Å². The zero-order chi connectivity index (χ0) is 26.5. The summed E-state index contributed by atoms with van der Waals surface area (Å²) in [5, 5.41) is 9.72. The van der Waals surface area contributed by atoms with Gasteiger partial charge in [-0.2, -0.15) is 5.26 Å². The van der Waals surface area contributed by atoms with Gasteiger partial charge < -0.3 is 14.7 Å². The third kappa shape index (κ3) is 4.56. The number of nitriles is 1. The van der Waals surface area contributed by atoms with Crippen molar-refractivity contribution < 1.29 is 9.59 Å². The molecule has 1 amide bonds. The second-order valence-corrected chi connectivity index (χ2v) is 12.6. The Morgan fingerprint density at radius 1 is 0.947 bits per heavy atom. The topological polar surface area (TPSA) is 67.7 Å². The summed E-state index contributed by atoms with van der Waals surface area (Å²) in [5.41, 5.74) is 4.04. The van der Waals surface area contributed by atoms with E-state index in [0.29, 0.717) is 40.7 Å². The van der Waals surface area contributed by atoms with Gasteiger partial charge in [0.2, 0.25) is 0 Å². The summed E-state index contributed by atoms with van der Waals surface area (Å²) in [6.07, 6.45) is 6.76. The molecule has 3 aliphatic heterocycles. The van der Waals surface area contributed by atoms with Crippen LogP contribution in [-0.4, -0.2) is 55.4 Å². The molecular formula is C31H35ClN4O2. The molecule has 2 aromatic rings. The van der Waals surface area contributed by atoms with Crippen molar-refractivity contribution in [2.24, 2.45) is 10.8 Å². The molecule has 0 bridgehead atoms. The molecule has 38 heavy (non-hydrogen) atoms. The third-order valence-electron chi connectivity index (χ3n) is 9.73. The molecule has 3 heterocycles. The minimum absolute atomic E-state index is 0.109. The predicted molar refractivity (Wildman–Crippen MR) is 150 cm³/mol. The number of ketones is 1. The minimum Gasteiger partial charge on any atom is -0.371 e. The number of hydrogen-bond acceptors (Lipinski definition) is 5. The maximum atomic E-state index is 13.1. The van der Waals surface area contributed by atoms with Crippen LogP contribution in [0, 0.1) is 22.2 Å². The summed E-state index contributed by atoms with van der Waals surface area (Å²) >= 11 is 6.33. The van der Waals surface area contributed by atoms with Gasteiger partial charge in [-0.05, 0) is 92.3 Å². The van der Waals surface area contributed by atoms with Crippen LogP contribution in [0.2, 0.25) is 5.02 Å². The highest BCUT2D eigenvalue weighted by Gasteiger charge is 2.46. The van der Waals surface area contributed by atoms with Crippen LogP contribution in [0.25, 0.3) is 0 Å². The van der Waals surface area contributed by atoms with Crippen molar-refractivity contribution in [2.45, 2.75) is 57.9 Å². The molecule has 0 N–H and O–H groups in total. The van der Waals surface area contributed by atoms with E-state index in [1.165, 1.54) is 5.69 Å². The number of carbonyl (C=O) groups is 2. The molecule has 1 unspecified atom stereocenters. The van der Waals surface area contributed by atoms with Crippen LogP contribution in [0.5, 0.6) is 0 Å². The van der Waals surface area contributed by atoms with Gasteiger partial charge in [0.15, 0.2) is 0 Å². The lowest BCUT2D eigenvalue weighted by Gasteiger charge is -2.46. The minimum atomic E-state index is 0.109. The highest BCUT2D eigenvalue weighted by Crippen LogP contribution is 2.47. The van der Waals surface area contributed by atoms with E-state index in [0.717, 1.165) is 76.1 Å². The summed E-state index contributed by atoms with van der Waals surface area (Å²) in [5.74, 6) is 0.484. The zero-order valence-corrected chi connectivity index (χ0v) is 22.8. The second-order valence-electron chi connectivity index (χ2n) is 12.2. The third-order valence-corrected chi connectivity index (χ3v) is 10.0. The quantitative estimate of drug-likeness (QED) is 0.510. The van der Waals surface area contributed by atoms with Gasteiger partial charge in [0.1, 0.15) is 11.9 Å². The molecule has 2 aromatic carbocycles. The predicted octanol–water partition coefficient (Wildman–Crippen LogP) is 5.68. The van der Waals surface area contributed by atoms with Gasteiger partial charge in [0.05, 0.1) is 10.6 Å². The van der Waals surface area contributed by atoms with E-state index in [1.54, 1.807) is 0 Å². The summed E-state index contributed by atoms with van der Waals surface area (Å²) in [6.45, 7) is 6.84. The van der Waals surface area contributed by atoms with Crippen LogP contribution in [-0.2, 0) is 4.79 Å². The maximum Gasteiger partial charge on any atom is 0.253 e. The van der Waals surface area contributed by atoms with Crippen LogP contribution in [0.1, 0.15) is 67.8 Å². The number of likely N-dealkylation sites (tertiary alicyclic amines) is 1. The van der Waals surface area contributed by atoms with E-state index in [9.17, 15) is 14.9 Å². The summed E-state index contributed by atoms with van der Waals surface area (Å²) in [4.78, 5) is 31.4. The van der Waals surface area contributed by atoms with E-state index in [4.69, 9.17) is 11.6 Å². The van der Waals surface area contributed by atoms with Crippen LogP contribution < -0.4 is 9.80 Å². The van der Waals surface area contributed by atoms with Crippen LogP contribution in [0.3, 0.4) is 0 Å². The molecule has 4 fully saturated rings. The molecule has 0 radical (unpaired) electrons. The van der Waals surface area contributed by atoms with Crippen LogP contribution in [0.15, 0.2) is 42.5 Å². The number of amides is 1.